The van der Waals surface area contributed by atoms with Gasteiger partial charge in [0.2, 0.25) is 0 Å². The number of hydrogen-bond donors (Lipinski definition) is 2. The Bertz CT molecular complexity index is 1240. The number of nitrogens with one attached hydrogen (secondary N) is 1. The maximum Gasteiger partial charge on any atom is 0.337 e. The van der Waals surface area contributed by atoms with Crippen LogP contribution in [-0.4, -0.2) is 22.7 Å². The largest absolute Gasteiger partial charge is 0.493 e. The van der Waals surface area contributed by atoms with Crippen molar-refractivity contribution < 1.29 is 14.6 Å². The first-order valence-corrected chi connectivity index (χ1v) is 9.39. The summed E-state index contributed by atoms with van der Waals surface area (Å²) in [6.45, 7) is 0.705. The number of aromatic carboxylic acids is 1. The molecule has 0 amide bonds. The van der Waals surface area contributed by atoms with Gasteiger partial charge in [0, 0.05) is 34.1 Å². The minimum Gasteiger partial charge on any atom is -0.493 e. The molecule has 0 saturated heterocycles. The molecule has 0 unspecified atom stereocenters. The lowest BCUT2D eigenvalue weighted by Crippen LogP contribution is -1.94. The predicted molar refractivity (Wildman–Crippen MR) is 110 cm³/mol. The van der Waals surface area contributed by atoms with Crippen molar-refractivity contribution in [3.8, 4) is 28.0 Å². The van der Waals surface area contributed by atoms with E-state index in [1.54, 1.807) is 0 Å². The van der Waals surface area contributed by atoms with Crippen LogP contribution < -0.4 is 4.74 Å². The van der Waals surface area contributed by atoms with E-state index in [-0.39, 0.29) is 5.56 Å². The zero-order valence-corrected chi connectivity index (χ0v) is 15.6. The number of aromatic amines is 1. The van der Waals surface area contributed by atoms with Gasteiger partial charge in [-0.05, 0) is 52.6 Å². The zero-order valence-electron chi connectivity index (χ0n) is 14.8. The Morgan fingerprint density at radius 3 is 2.79 bits per heavy atom. The van der Waals surface area contributed by atoms with Crippen LogP contribution in [0, 0.1) is 0 Å². The van der Waals surface area contributed by atoms with Crippen LogP contribution in [-0.2, 0) is 6.42 Å². The van der Waals surface area contributed by atoms with E-state index in [1.807, 2.05) is 48.5 Å². The van der Waals surface area contributed by atoms with Crippen LogP contribution in [0.2, 0.25) is 5.02 Å². The van der Waals surface area contributed by atoms with Crippen LogP contribution in [0.1, 0.15) is 15.9 Å². The molecular weight excluding hydrogens is 374 g/mol. The summed E-state index contributed by atoms with van der Waals surface area (Å²) in [5, 5.41) is 10.8. The molecule has 0 atom stereocenters. The molecule has 0 bridgehead atoms. The Hall–Kier alpha value is -3.24. The summed E-state index contributed by atoms with van der Waals surface area (Å²) in [5.41, 5.74) is 6.07. The second-order valence-electron chi connectivity index (χ2n) is 6.85. The van der Waals surface area contributed by atoms with Crippen LogP contribution in [0.25, 0.3) is 33.2 Å². The first-order valence-electron chi connectivity index (χ1n) is 9.01. The molecule has 3 aromatic carbocycles. The first-order chi connectivity index (χ1) is 13.6. The van der Waals surface area contributed by atoms with Gasteiger partial charge in [-0.3, -0.25) is 0 Å². The number of H-pyrrole nitrogens is 1. The number of fused-ring (bicyclic) bond motifs is 2. The monoisotopic (exact) mass is 389 g/mol. The van der Waals surface area contributed by atoms with E-state index in [0.29, 0.717) is 17.0 Å². The number of aromatic nitrogens is 1. The molecule has 0 aliphatic carbocycles. The molecule has 0 saturated carbocycles. The second-order valence-corrected chi connectivity index (χ2v) is 7.26. The van der Waals surface area contributed by atoms with Gasteiger partial charge in [0.1, 0.15) is 5.75 Å². The third-order valence-corrected chi connectivity index (χ3v) is 5.53. The van der Waals surface area contributed by atoms with Crippen LogP contribution in [0.3, 0.4) is 0 Å². The highest BCUT2D eigenvalue weighted by Gasteiger charge is 2.18. The van der Waals surface area contributed by atoms with Crippen molar-refractivity contribution in [2.45, 2.75) is 6.42 Å². The fraction of sp³-hybridized carbons (Fsp3) is 0.0870. The van der Waals surface area contributed by atoms with Gasteiger partial charge < -0.3 is 14.8 Å². The summed E-state index contributed by atoms with van der Waals surface area (Å²) in [5.74, 6) is -0.0227. The Balaban J connectivity index is 1.71. The number of carbonyl (C=O) groups is 1. The highest BCUT2D eigenvalue weighted by Crippen LogP contribution is 2.40. The first kappa shape index (κ1) is 16.9. The lowest BCUT2D eigenvalue weighted by molar-refractivity contribution is 0.0699. The van der Waals surface area contributed by atoms with Crippen molar-refractivity contribution in [1.82, 2.24) is 4.98 Å². The topological polar surface area (TPSA) is 62.3 Å². The SMILES string of the molecule is O=C(O)c1c[nH]c2ccc(-c3cccc(Cl)c3-c3ccc4c(c3)CCO4)cc12. The van der Waals surface area contributed by atoms with Crippen LogP contribution in [0.15, 0.2) is 60.8 Å². The van der Waals surface area contributed by atoms with Gasteiger partial charge in [-0.15, -0.1) is 0 Å². The van der Waals surface area contributed by atoms with Gasteiger partial charge in [-0.1, -0.05) is 35.9 Å². The van der Waals surface area contributed by atoms with Gasteiger partial charge in [0.15, 0.2) is 0 Å². The van der Waals surface area contributed by atoms with E-state index < -0.39 is 5.97 Å². The second kappa shape index (κ2) is 6.43. The van der Waals surface area contributed by atoms with Gasteiger partial charge in [0.25, 0.3) is 0 Å². The standard InChI is InChI=1S/C23H16ClNO3/c24-19-3-1-2-16(22(19)15-5-7-21-14(10-15)8-9-28-21)13-4-6-20-17(11-13)18(12-25-20)23(26)27/h1-7,10-12,25H,8-9H2,(H,26,27). The molecular formula is C23H16ClNO3. The van der Waals surface area contributed by atoms with Crippen molar-refractivity contribution >= 4 is 28.5 Å². The van der Waals surface area contributed by atoms with Crippen molar-refractivity contribution in [2.24, 2.45) is 0 Å². The predicted octanol–water partition coefficient (Wildman–Crippen LogP) is 5.79. The number of rotatable bonds is 3. The van der Waals surface area contributed by atoms with Crippen LogP contribution in [0.4, 0.5) is 0 Å². The van der Waals surface area contributed by atoms with Crippen molar-refractivity contribution in [2.75, 3.05) is 6.61 Å². The van der Waals surface area contributed by atoms with E-state index in [0.717, 1.165) is 39.9 Å². The highest BCUT2D eigenvalue weighted by molar-refractivity contribution is 6.34. The molecule has 138 valence electrons. The fourth-order valence-electron chi connectivity index (χ4n) is 3.87. The van der Waals surface area contributed by atoms with Gasteiger partial charge in [-0.25, -0.2) is 4.79 Å². The van der Waals surface area contributed by atoms with E-state index in [9.17, 15) is 9.90 Å². The molecule has 1 aromatic heterocycles. The quantitative estimate of drug-likeness (QED) is 0.466. The number of hydrogen-bond acceptors (Lipinski definition) is 2. The van der Waals surface area contributed by atoms with Crippen LogP contribution >= 0.6 is 11.6 Å². The van der Waals surface area contributed by atoms with E-state index in [1.165, 1.54) is 11.8 Å². The van der Waals surface area contributed by atoms with Crippen molar-refractivity contribution in [3.05, 3.63) is 76.9 Å². The maximum absolute atomic E-state index is 11.5. The molecule has 4 aromatic rings. The normalized spacial score (nSPS) is 12.8. The third-order valence-electron chi connectivity index (χ3n) is 5.21. The van der Waals surface area contributed by atoms with E-state index >= 15 is 0 Å². The summed E-state index contributed by atoms with van der Waals surface area (Å²) in [4.78, 5) is 14.5. The molecule has 4 nitrogen and oxygen atoms in total. The smallest absolute Gasteiger partial charge is 0.337 e. The molecule has 0 fully saturated rings. The van der Waals surface area contributed by atoms with Gasteiger partial charge >= 0.3 is 5.97 Å². The number of halogens is 1. The Labute approximate surface area is 166 Å². The Morgan fingerprint density at radius 1 is 1.07 bits per heavy atom. The minimum absolute atomic E-state index is 0.259. The summed E-state index contributed by atoms with van der Waals surface area (Å²) in [7, 11) is 0. The molecule has 0 radical (unpaired) electrons. The zero-order chi connectivity index (χ0) is 19.3. The van der Waals surface area contributed by atoms with E-state index in [2.05, 4.69) is 11.1 Å². The summed E-state index contributed by atoms with van der Waals surface area (Å²) < 4.78 is 5.62. The van der Waals surface area contributed by atoms with Gasteiger partial charge in [0.05, 0.1) is 12.2 Å². The average molecular weight is 390 g/mol. The van der Waals surface area contributed by atoms with Crippen molar-refractivity contribution in [3.63, 3.8) is 0 Å². The molecule has 1 aliphatic rings. The summed E-state index contributed by atoms with van der Waals surface area (Å²) in [6.07, 6.45) is 2.41. The summed E-state index contributed by atoms with van der Waals surface area (Å²) in [6, 6.07) is 17.7. The lowest BCUT2D eigenvalue weighted by Gasteiger charge is -2.13. The molecule has 2 heterocycles. The highest BCUT2D eigenvalue weighted by atomic mass is 35.5. The van der Waals surface area contributed by atoms with Crippen LogP contribution in [0.5, 0.6) is 5.75 Å². The molecule has 5 heteroatoms. The number of benzene rings is 3. The molecule has 1 aliphatic heterocycles. The molecule has 0 spiro atoms. The minimum atomic E-state index is -0.951. The summed E-state index contributed by atoms with van der Waals surface area (Å²) >= 11 is 6.61. The maximum atomic E-state index is 11.5. The third kappa shape index (κ3) is 2.65. The lowest BCUT2D eigenvalue weighted by atomic mass is 9.92. The number of ether oxygens (including phenoxy) is 1. The number of carboxylic acid groups (broad SMARTS) is 1. The number of carboxylic acids is 1. The Kier molecular flexibility index (Phi) is 3.88. The van der Waals surface area contributed by atoms with Gasteiger partial charge in [-0.2, -0.15) is 0 Å². The fourth-order valence-corrected chi connectivity index (χ4v) is 4.15. The Morgan fingerprint density at radius 2 is 1.93 bits per heavy atom. The molecule has 2 N–H and O–H groups in total. The average Bonchev–Trinajstić information content (AvgIpc) is 3.33. The van der Waals surface area contributed by atoms with Crippen molar-refractivity contribution in [1.29, 1.82) is 0 Å². The van der Waals surface area contributed by atoms with E-state index in [4.69, 9.17) is 16.3 Å². The molecule has 5 rings (SSSR count). The molecule has 28 heavy (non-hydrogen) atoms.